The first-order valence-electron chi connectivity index (χ1n) is 6.22. The maximum atomic E-state index is 11.8. The molecule has 1 saturated heterocycles. The molecule has 0 saturated carbocycles. The zero-order valence-electron chi connectivity index (χ0n) is 11.3. The SMILES string of the molecule is CN1CCN(C)C(CNc2nccn(C)c2=O)C1. The minimum Gasteiger partial charge on any atom is -0.364 e. The summed E-state index contributed by atoms with van der Waals surface area (Å²) < 4.78 is 1.53. The average molecular weight is 251 g/mol. The molecule has 1 aliphatic rings. The second-order valence-electron chi connectivity index (χ2n) is 4.97. The summed E-state index contributed by atoms with van der Waals surface area (Å²) >= 11 is 0. The van der Waals surface area contributed by atoms with Crippen molar-refractivity contribution in [1.82, 2.24) is 19.4 Å². The molecule has 6 nitrogen and oxygen atoms in total. The fraction of sp³-hybridized carbons (Fsp3) is 0.667. The highest BCUT2D eigenvalue weighted by Gasteiger charge is 2.22. The molecule has 1 unspecified atom stereocenters. The maximum absolute atomic E-state index is 11.8. The van der Waals surface area contributed by atoms with Crippen LogP contribution in [0.25, 0.3) is 0 Å². The van der Waals surface area contributed by atoms with Gasteiger partial charge in [-0.15, -0.1) is 0 Å². The lowest BCUT2D eigenvalue weighted by Crippen LogP contribution is -2.52. The largest absolute Gasteiger partial charge is 0.364 e. The highest BCUT2D eigenvalue weighted by Crippen LogP contribution is 2.06. The van der Waals surface area contributed by atoms with E-state index in [9.17, 15) is 4.79 Å². The minimum atomic E-state index is -0.0793. The van der Waals surface area contributed by atoms with Crippen molar-refractivity contribution in [2.24, 2.45) is 7.05 Å². The molecule has 0 amide bonds. The molecule has 0 aromatic carbocycles. The first-order valence-corrected chi connectivity index (χ1v) is 6.22. The van der Waals surface area contributed by atoms with Crippen LogP contribution in [0, 0.1) is 0 Å². The van der Waals surface area contributed by atoms with Gasteiger partial charge >= 0.3 is 0 Å². The van der Waals surface area contributed by atoms with Gasteiger partial charge in [0, 0.05) is 51.7 Å². The lowest BCUT2D eigenvalue weighted by atomic mass is 10.2. The van der Waals surface area contributed by atoms with Gasteiger partial charge in [-0.2, -0.15) is 0 Å². The second kappa shape index (κ2) is 5.49. The zero-order valence-corrected chi connectivity index (χ0v) is 11.3. The lowest BCUT2D eigenvalue weighted by Gasteiger charge is -2.37. The molecule has 0 bridgehead atoms. The number of likely N-dealkylation sites (N-methyl/N-ethyl adjacent to an activating group) is 2. The monoisotopic (exact) mass is 251 g/mol. The molecule has 1 aromatic rings. The summed E-state index contributed by atoms with van der Waals surface area (Å²) in [5, 5.41) is 3.16. The first-order chi connectivity index (χ1) is 8.58. The molecule has 1 N–H and O–H groups in total. The van der Waals surface area contributed by atoms with Crippen LogP contribution in [0.4, 0.5) is 5.82 Å². The van der Waals surface area contributed by atoms with E-state index in [0.717, 1.165) is 26.2 Å². The number of hydrogen-bond acceptors (Lipinski definition) is 5. The Morgan fingerprint density at radius 3 is 2.94 bits per heavy atom. The Kier molecular flexibility index (Phi) is 3.98. The van der Waals surface area contributed by atoms with Gasteiger partial charge < -0.3 is 14.8 Å². The lowest BCUT2D eigenvalue weighted by molar-refractivity contribution is 0.122. The van der Waals surface area contributed by atoms with Gasteiger partial charge in [-0.25, -0.2) is 4.98 Å². The number of aryl methyl sites for hydroxylation is 1. The fourth-order valence-electron chi connectivity index (χ4n) is 2.16. The highest BCUT2D eigenvalue weighted by atomic mass is 16.1. The van der Waals surface area contributed by atoms with Crippen LogP contribution in [0.3, 0.4) is 0 Å². The van der Waals surface area contributed by atoms with Gasteiger partial charge in [0.25, 0.3) is 5.56 Å². The van der Waals surface area contributed by atoms with Crippen molar-refractivity contribution in [2.45, 2.75) is 6.04 Å². The normalized spacial score (nSPS) is 22.1. The summed E-state index contributed by atoms with van der Waals surface area (Å²) in [5.41, 5.74) is -0.0793. The molecule has 2 heterocycles. The number of rotatable bonds is 3. The van der Waals surface area contributed by atoms with E-state index in [0.29, 0.717) is 11.9 Å². The van der Waals surface area contributed by atoms with Gasteiger partial charge in [-0.3, -0.25) is 9.69 Å². The van der Waals surface area contributed by atoms with Gasteiger partial charge in [-0.1, -0.05) is 0 Å². The Labute approximate surface area is 107 Å². The van der Waals surface area contributed by atoms with Crippen molar-refractivity contribution < 1.29 is 0 Å². The van der Waals surface area contributed by atoms with Crippen LogP contribution in [-0.4, -0.2) is 65.7 Å². The molecule has 1 aromatic heterocycles. The molecule has 0 radical (unpaired) electrons. The molecule has 6 heteroatoms. The summed E-state index contributed by atoms with van der Waals surface area (Å²) in [4.78, 5) is 20.5. The van der Waals surface area contributed by atoms with Crippen molar-refractivity contribution in [3.63, 3.8) is 0 Å². The number of aromatic nitrogens is 2. The van der Waals surface area contributed by atoms with E-state index >= 15 is 0 Å². The van der Waals surface area contributed by atoms with Crippen LogP contribution >= 0.6 is 0 Å². The Balaban J connectivity index is 1.98. The maximum Gasteiger partial charge on any atom is 0.293 e. The van der Waals surface area contributed by atoms with Gasteiger partial charge in [0.05, 0.1) is 0 Å². The molecular weight excluding hydrogens is 230 g/mol. The molecule has 0 spiro atoms. The van der Waals surface area contributed by atoms with E-state index in [-0.39, 0.29) is 5.56 Å². The van der Waals surface area contributed by atoms with E-state index in [1.54, 1.807) is 19.4 Å². The van der Waals surface area contributed by atoms with Gasteiger partial charge in [0.2, 0.25) is 0 Å². The zero-order chi connectivity index (χ0) is 13.1. The van der Waals surface area contributed by atoms with Crippen LogP contribution in [-0.2, 0) is 7.05 Å². The van der Waals surface area contributed by atoms with Gasteiger partial charge in [0.1, 0.15) is 0 Å². The third kappa shape index (κ3) is 2.88. The molecular formula is C12H21N5O. The van der Waals surface area contributed by atoms with E-state index in [1.165, 1.54) is 4.57 Å². The number of anilines is 1. The van der Waals surface area contributed by atoms with Crippen molar-refractivity contribution in [1.29, 1.82) is 0 Å². The van der Waals surface area contributed by atoms with Crippen molar-refractivity contribution >= 4 is 5.82 Å². The van der Waals surface area contributed by atoms with Crippen LogP contribution in [0.1, 0.15) is 0 Å². The quantitative estimate of drug-likeness (QED) is 0.780. The molecule has 100 valence electrons. The highest BCUT2D eigenvalue weighted by molar-refractivity contribution is 5.30. The van der Waals surface area contributed by atoms with Crippen molar-refractivity contribution in [3.8, 4) is 0 Å². The third-order valence-corrected chi connectivity index (χ3v) is 3.50. The van der Waals surface area contributed by atoms with Crippen LogP contribution < -0.4 is 10.9 Å². The molecule has 2 rings (SSSR count). The molecule has 0 aliphatic carbocycles. The number of nitrogens with one attached hydrogen (secondary N) is 1. The summed E-state index contributed by atoms with van der Waals surface area (Å²) in [7, 11) is 5.98. The standard InChI is InChI=1S/C12H21N5O/c1-15-6-7-16(2)10(9-15)8-14-11-12(18)17(3)5-4-13-11/h4-5,10H,6-9H2,1-3H3,(H,13,14). The molecule has 1 aliphatic heterocycles. The van der Waals surface area contributed by atoms with Crippen LogP contribution in [0.15, 0.2) is 17.2 Å². The third-order valence-electron chi connectivity index (χ3n) is 3.50. The Morgan fingerprint density at radius 1 is 1.39 bits per heavy atom. The fourth-order valence-corrected chi connectivity index (χ4v) is 2.16. The Hall–Kier alpha value is -1.40. The number of nitrogens with zero attached hydrogens (tertiary/aromatic N) is 4. The molecule has 1 atom stereocenters. The summed E-state index contributed by atoms with van der Waals surface area (Å²) in [6.45, 7) is 3.91. The Bertz CT molecular complexity index is 458. The summed E-state index contributed by atoms with van der Waals surface area (Å²) in [5.74, 6) is 0.432. The minimum absolute atomic E-state index is 0.0793. The van der Waals surface area contributed by atoms with E-state index < -0.39 is 0 Å². The van der Waals surface area contributed by atoms with Crippen molar-refractivity contribution in [2.75, 3.05) is 45.6 Å². The average Bonchev–Trinajstić information content (AvgIpc) is 2.35. The summed E-state index contributed by atoms with van der Waals surface area (Å²) in [6.07, 6.45) is 3.30. The van der Waals surface area contributed by atoms with E-state index in [1.807, 2.05) is 0 Å². The predicted molar refractivity (Wildman–Crippen MR) is 71.9 cm³/mol. The number of piperazine rings is 1. The van der Waals surface area contributed by atoms with Gasteiger partial charge in [-0.05, 0) is 14.1 Å². The van der Waals surface area contributed by atoms with Crippen LogP contribution in [0.2, 0.25) is 0 Å². The van der Waals surface area contributed by atoms with Crippen molar-refractivity contribution in [3.05, 3.63) is 22.7 Å². The summed E-state index contributed by atoms with van der Waals surface area (Å²) in [6, 6.07) is 0.412. The first kappa shape index (κ1) is 13.0. The van der Waals surface area contributed by atoms with E-state index in [2.05, 4.69) is 34.2 Å². The van der Waals surface area contributed by atoms with Crippen LogP contribution in [0.5, 0.6) is 0 Å². The molecule has 18 heavy (non-hydrogen) atoms. The second-order valence-corrected chi connectivity index (χ2v) is 4.97. The van der Waals surface area contributed by atoms with Gasteiger partial charge in [0.15, 0.2) is 5.82 Å². The number of hydrogen-bond donors (Lipinski definition) is 1. The smallest absolute Gasteiger partial charge is 0.293 e. The van der Waals surface area contributed by atoms with E-state index in [4.69, 9.17) is 0 Å². The topological polar surface area (TPSA) is 53.4 Å². The predicted octanol–water partition coefficient (Wildman–Crippen LogP) is -0.562. The Morgan fingerprint density at radius 2 is 2.17 bits per heavy atom. The molecule has 1 fully saturated rings.